The molecule has 1 unspecified atom stereocenters. The average molecular weight is 437 g/mol. The molecule has 2 aromatic heterocycles. The lowest BCUT2D eigenvalue weighted by molar-refractivity contribution is 0.415. The maximum atomic E-state index is 12.9. The predicted molar refractivity (Wildman–Crippen MR) is 128 cm³/mol. The van der Waals surface area contributed by atoms with E-state index in [0.29, 0.717) is 11.4 Å². The van der Waals surface area contributed by atoms with Crippen molar-refractivity contribution in [3.8, 4) is 28.1 Å². The molecule has 6 heteroatoms. The van der Waals surface area contributed by atoms with Gasteiger partial charge in [0, 0.05) is 16.7 Å². The van der Waals surface area contributed by atoms with Crippen LogP contribution in [-0.2, 0) is 10.8 Å². The Balaban J connectivity index is 1.92. The zero-order valence-corrected chi connectivity index (χ0v) is 18.7. The lowest BCUT2D eigenvalue weighted by Crippen LogP contribution is -1.99. The van der Waals surface area contributed by atoms with Crippen LogP contribution in [0.2, 0.25) is 0 Å². The number of ether oxygens (including phenoxy) is 1. The van der Waals surface area contributed by atoms with E-state index in [0.717, 1.165) is 55.4 Å². The summed E-state index contributed by atoms with van der Waals surface area (Å²) in [6.45, 7) is 2.10. The summed E-state index contributed by atoms with van der Waals surface area (Å²) in [5.41, 5.74) is 11.1. The highest BCUT2D eigenvalue weighted by Crippen LogP contribution is 2.42. The number of nitrogens with zero attached hydrogens (tertiary/aromatic N) is 1. The highest BCUT2D eigenvalue weighted by atomic mass is 32.2. The first-order chi connectivity index (χ1) is 14.6. The van der Waals surface area contributed by atoms with Gasteiger partial charge in [-0.05, 0) is 47.9 Å². The minimum atomic E-state index is -1.11. The third kappa shape index (κ3) is 3.98. The van der Waals surface area contributed by atoms with Crippen LogP contribution in [-0.4, -0.2) is 22.1 Å². The van der Waals surface area contributed by atoms with E-state index in [1.807, 2.05) is 42.5 Å². The van der Waals surface area contributed by atoms with Crippen LogP contribution in [0.5, 0.6) is 5.75 Å². The summed E-state index contributed by atoms with van der Waals surface area (Å²) in [4.78, 5) is 5.71. The molecule has 0 radical (unpaired) electrons. The Morgan fingerprint density at radius 1 is 1.07 bits per heavy atom. The van der Waals surface area contributed by atoms with Crippen LogP contribution in [0.25, 0.3) is 32.6 Å². The Morgan fingerprint density at radius 3 is 2.47 bits per heavy atom. The van der Waals surface area contributed by atoms with Gasteiger partial charge in [0.1, 0.15) is 14.8 Å². The molecule has 0 amide bonds. The van der Waals surface area contributed by atoms with Gasteiger partial charge in [-0.3, -0.25) is 4.21 Å². The first-order valence-corrected chi connectivity index (χ1v) is 12.1. The predicted octanol–water partition coefficient (Wildman–Crippen LogP) is 6.13. The Labute approximate surface area is 183 Å². The number of pyridine rings is 1. The molecule has 0 aliphatic carbocycles. The molecule has 0 aliphatic heterocycles. The topological polar surface area (TPSA) is 65.2 Å². The third-order valence-corrected chi connectivity index (χ3v) is 8.02. The van der Waals surface area contributed by atoms with Gasteiger partial charge >= 0.3 is 0 Å². The molecule has 2 heterocycles. The van der Waals surface area contributed by atoms with Crippen LogP contribution in [0.15, 0.2) is 64.9 Å². The van der Waals surface area contributed by atoms with E-state index in [-0.39, 0.29) is 0 Å². The second kappa shape index (κ2) is 8.98. The van der Waals surface area contributed by atoms with Crippen molar-refractivity contribution >= 4 is 38.0 Å². The van der Waals surface area contributed by atoms with Crippen LogP contribution in [0, 0.1) is 0 Å². The molecule has 1 atom stereocenters. The molecule has 154 valence electrons. The zero-order chi connectivity index (χ0) is 21.1. The van der Waals surface area contributed by atoms with Gasteiger partial charge < -0.3 is 10.5 Å². The molecular weight excluding hydrogens is 412 g/mol. The maximum Gasteiger partial charge on any atom is 0.127 e. The molecule has 2 N–H and O–H groups in total. The molecule has 4 aromatic rings. The summed E-state index contributed by atoms with van der Waals surface area (Å²) in [6.07, 6.45) is 1.92. The minimum absolute atomic E-state index is 0.595. The van der Waals surface area contributed by atoms with Gasteiger partial charge in [-0.25, -0.2) is 4.98 Å². The largest absolute Gasteiger partial charge is 0.497 e. The smallest absolute Gasteiger partial charge is 0.127 e. The molecule has 0 fully saturated rings. The maximum absolute atomic E-state index is 12.9. The number of benzene rings is 2. The minimum Gasteiger partial charge on any atom is -0.497 e. The standard InChI is InChI=1S/C24H24N2O2S2/c1-3-4-14-30(27)24-22(25)21-19(16-8-6-5-7-9-16)15-20(26-23(21)29-24)17-10-12-18(28-2)13-11-17/h5-13,15H,3-4,14,25H2,1-2H3. The van der Waals surface area contributed by atoms with E-state index in [2.05, 4.69) is 25.1 Å². The third-order valence-electron chi connectivity index (χ3n) is 5.03. The van der Waals surface area contributed by atoms with E-state index < -0.39 is 10.8 Å². The van der Waals surface area contributed by atoms with Crippen molar-refractivity contribution in [1.82, 2.24) is 4.98 Å². The lowest BCUT2D eigenvalue weighted by Gasteiger charge is -2.09. The second-order valence-corrected chi connectivity index (χ2v) is 9.80. The number of anilines is 1. The molecule has 30 heavy (non-hydrogen) atoms. The van der Waals surface area contributed by atoms with Crippen molar-refractivity contribution in [3.63, 3.8) is 0 Å². The van der Waals surface area contributed by atoms with E-state index in [1.54, 1.807) is 7.11 Å². The van der Waals surface area contributed by atoms with E-state index in [1.165, 1.54) is 11.3 Å². The molecular formula is C24H24N2O2S2. The summed E-state index contributed by atoms with van der Waals surface area (Å²) >= 11 is 1.45. The van der Waals surface area contributed by atoms with Crippen molar-refractivity contribution < 1.29 is 8.95 Å². The van der Waals surface area contributed by atoms with E-state index in [4.69, 9.17) is 15.5 Å². The summed E-state index contributed by atoms with van der Waals surface area (Å²) in [5.74, 6) is 1.43. The zero-order valence-electron chi connectivity index (χ0n) is 17.1. The quantitative estimate of drug-likeness (QED) is 0.378. The molecule has 0 spiro atoms. The highest BCUT2D eigenvalue weighted by Gasteiger charge is 2.20. The van der Waals surface area contributed by atoms with Crippen molar-refractivity contribution in [3.05, 3.63) is 60.7 Å². The van der Waals surface area contributed by atoms with Gasteiger partial charge in [-0.15, -0.1) is 11.3 Å². The Morgan fingerprint density at radius 2 is 1.80 bits per heavy atom. The molecule has 0 saturated heterocycles. The average Bonchev–Trinajstić information content (AvgIpc) is 3.14. The number of aromatic nitrogens is 1. The summed E-state index contributed by atoms with van der Waals surface area (Å²) in [5, 5.41) is 0.892. The van der Waals surface area contributed by atoms with Gasteiger partial charge in [0.15, 0.2) is 0 Å². The number of hydrogen-bond donors (Lipinski definition) is 1. The van der Waals surface area contributed by atoms with Crippen LogP contribution in [0.4, 0.5) is 5.69 Å². The van der Waals surface area contributed by atoms with Gasteiger partial charge in [0.05, 0.1) is 29.3 Å². The lowest BCUT2D eigenvalue weighted by atomic mass is 10.00. The van der Waals surface area contributed by atoms with Gasteiger partial charge in [0.2, 0.25) is 0 Å². The van der Waals surface area contributed by atoms with Crippen molar-refractivity contribution in [2.45, 2.75) is 24.0 Å². The molecule has 2 aromatic carbocycles. The number of thiophene rings is 1. The molecule has 0 bridgehead atoms. The van der Waals surface area contributed by atoms with E-state index in [9.17, 15) is 4.21 Å². The number of hydrogen-bond acceptors (Lipinski definition) is 5. The number of nitrogens with two attached hydrogens (primary N) is 1. The summed E-state index contributed by atoms with van der Waals surface area (Å²) in [6, 6.07) is 20.1. The van der Waals surface area contributed by atoms with E-state index >= 15 is 0 Å². The van der Waals surface area contributed by atoms with Gasteiger partial charge in [0.25, 0.3) is 0 Å². The first-order valence-electron chi connectivity index (χ1n) is 9.93. The van der Waals surface area contributed by atoms with Crippen LogP contribution < -0.4 is 10.5 Å². The molecule has 0 saturated carbocycles. The highest BCUT2D eigenvalue weighted by molar-refractivity contribution is 7.87. The SMILES string of the molecule is CCCCS(=O)c1sc2nc(-c3ccc(OC)cc3)cc(-c3ccccc3)c2c1N. The monoisotopic (exact) mass is 436 g/mol. The fourth-order valence-electron chi connectivity index (χ4n) is 3.39. The van der Waals surface area contributed by atoms with Crippen LogP contribution in [0.3, 0.4) is 0 Å². The summed E-state index contributed by atoms with van der Waals surface area (Å²) in [7, 11) is 0.544. The number of methoxy groups -OCH3 is 1. The second-order valence-electron chi connectivity index (χ2n) is 7.04. The molecule has 4 nitrogen and oxygen atoms in total. The van der Waals surface area contributed by atoms with Crippen LogP contribution >= 0.6 is 11.3 Å². The van der Waals surface area contributed by atoms with Crippen molar-refractivity contribution in [1.29, 1.82) is 0 Å². The number of rotatable bonds is 7. The fraction of sp³-hybridized carbons (Fsp3) is 0.208. The summed E-state index contributed by atoms with van der Waals surface area (Å²) < 4.78 is 18.9. The molecule has 0 aliphatic rings. The number of unbranched alkanes of at least 4 members (excludes halogenated alkanes) is 1. The Bertz CT molecular complexity index is 1190. The van der Waals surface area contributed by atoms with Gasteiger partial charge in [-0.2, -0.15) is 0 Å². The number of nitrogen functional groups attached to an aromatic ring is 1. The first kappa shape index (κ1) is 20.6. The Hall–Kier alpha value is -2.70. The van der Waals surface area contributed by atoms with Crippen molar-refractivity contribution in [2.75, 3.05) is 18.6 Å². The fourth-order valence-corrected chi connectivity index (χ4v) is 6.19. The normalized spacial score (nSPS) is 12.2. The van der Waals surface area contributed by atoms with Gasteiger partial charge in [-0.1, -0.05) is 43.7 Å². The Kier molecular flexibility index (Phi) is 6.16. The van der Waals surface area contributed by atoms with Crippen LogP contribution in [0.1, 0.15) is 19.8 Å². The molecule has 4 rings (SSSR count). The number of fused-ring (bicyclic) bond motifs is 1. The van der Waals surface area contributed by atoms with Crippen molar-refractivity contribution in [2.24, 2.45) is 0 Å².